The van der Waals surface area contributed by atoms with Crippen molar-refractivity contribution in [1.82, 2.24) is 0 Å². The second-order valence-corrected chi connectivity index (χ2v) is 7.89. The van der Waals surface area contributed by atoms with Crippen LogP contribution in [0.1, 0.15) is 34.2 Å². The Morgan fingerprint density at radius 2 is 1.06 bits per heavy atom. The maximum atomic E-state index is 12.9. The second-order valence-electron chi connectivity index (χ2n) is 7.89. The molecule has 0 aliphatic heterocycles. The predicted molar refractivity (Wildman–Crippen MR) is 127 cm³/mol. The quantitative estimate of drug-likeness (QED) is 0.299. The van der Waals surface area contributed by atoms with Crippen LogP contribution in [0.5, 0.6) is 0 Å². The number of aryl methyl sites for hydroxylation is 1. The molecule has 3 heteroatoms. The molecule has 0 radical (unpaired) electrons. The maximum Gasteiger partial charge on any atom is 0.212 e. The van der Waals surface area contributed by atoms with E-state index in [1.807, 2.05) is 109 Å². The minimum atomic E-state index is -0.997. The lowest BCUT2D eigenvalue weighted by Gasteiger charge is -2.33. The molecule has 4 aromatic rings. The SMILES string of the molecule is O=C1CCc2ccccc2C1=NOC(c1ccccc1)(c1ccccc1)c1ccccc1. The monoisotopic (exact) mass is 417 g/mol. The van der Waals surface area contributed by atoms with E-state index in [9.17, 15) is 4.79 Å². The third-order valence-corrected chi connectivity index (χ3v) is 5.97. The van der Waals surface area contributed by atoms with Gasteiger partial charge in [0, 0.05) is 28.7 Å². The van der Waals surface area contributed by atoms with Crippen molar-refractivity contribution in [3.05, 3.63) is 143 Å². The van der Waals surface area contributed by atoms with Crippen LogP contribution in [0.4, 0.5) is 0 Å². The number of fused-ring (bicyclic) bond motifs is 1. The number of nitrogens with zero attached hydrogens (tertiary/aromatic N) is 1. The number of hydrogen-bond acceptors (Lipinski definition) is 3. The fourth-order valence-electron chi connectivity index (χ4n) is 4.38. The minimum absolute atomic E-state index is 0.00628. The highest BCUT2D eigenvalue weighted by Crippen LogP contribution is 2.41. The molecule has 1 aliphatic carbocycles. The Morgan fingerprint density at radius 1 is 0.594 bits per heavy atom. The van der Waals surface area contributed by atoms with E-state index >= 15 is 0 Å². The van der Waals surface area contributed by atoms with Crippen molar-refractivity contribution in [3.63, 3.8) is 0 Å². The molecule has 5 rings (SSSR count). The maximum absolute atomic E-state index is 12.9. The van der Waals surface area contributed by atoms with Gasteiger partial charge in [-0.3, -0.25) is 4.79 Å². The van der Waals surface area contributed by atoms with E-state index < -0.39 is 5.60 Å². The standard InChI is InChI=1S/C29H23NO2/c31-27-21-20-22-12-10-11-19-26(22)28(27)30-32-29(23-13-4-1-5-14-23,24-15-6-2-7-16-24)25-17-8-3-9-18-25/h1-19H,20-21H2. The summed E-state index contributed by atoms with van der Waals surface area (Å²) in [6, 6.07) is 38.1. The molecule has 156 valence electrons. The Morgan fingerprint density at radius 3 is 1.59 bits per heavy atom. The van der Waals surface area contributed by atoms with Crippen molar-refractivity contribution in [2.24, 2.45) is 5.16 Å². The summed E-state index contributed by atoms with van der Waals surface area (Å²) in [5.41, 5.74) is 4.20. The predicted octanol–water partition coefficient (Wildman–Crippen LogP) is 5.91. The highest BCUT2D eigenvalue weighted by molar-refractivity contribution is 6.47. The van der Waals surface area contributed by atoms with E-state index in [-0.39, 0.29) is 5.78 Å². The van der Waals surface area contributed by atoms with Crippen molar-refractivity contribution in [3.8, 4) is 0 Å². The van der Waals surface area contributed by atoms with Crippen molar-refractivity contribution in [2.45, 2.75) is 18.4 Å². The first-order valence-corrected chi connectivity index (χ1v) is 10.8. The van der Waals surface area contributed by atoms with E-state index in [0.717, 1.165) is 34.2 Å². The molecule has 0 spiro atoms. The number of carbonyl (C=O) groups excluding carboxylic acids is 1. The summed E-state index contributed by atoms with van der Waals surface area (Å²) in [4.78, 5) is 19.4. The largest absolute Gasteiger partial charge is 0.374 e. The average molecular weight is 418 g/mol. The number of Topliss-reactive ketones (excluding diaryl/α,β-unsaturated/α-hetero) is 1. The zero-order chi connectivity index (χ0) is 21.8. The van der Waals surface area contributed by atoms with Crippen LogP contribution < -0.4 is 0 Å². The van der Waals surface area contributed by atoms with Crippen LogP contribution in [0.2, 0.25) is 0 Å². The summed E-state index contributed by atoms with van der Waals surface area (Å²) >= 11 is 0. The summed E-state index contributed by atoms with van der Waals surface area (Å²) in [5, 5.41) is 4.57. The number of benzene rings is 4. The molecule has 0 bridgehead atoms. The average Bonchev–Trinajstić information content (AvgIpc) is 2.87. The fourth-order valence-corrected chi connectivity index (χ4v) is 4.38. The molecule has 32 heavy (non-hydrogen) atoms. The first-order chi connectivity index (χ1) is 15.8. The van der Waals surface area contributed by atoms with Crippen molar-refractivity contribution < 1.29 is 9.63 Å². The van der Waals surface area contributed by atoms with Gasteiger partial charge >= 0.3 is 0 Å². The van der Waals surface area contributed by atoms with Crippen molar-refractivity contribution in [2.75, 3.05) is 0 Å². The molecular formula is C29H23NO2. The number of ketones is 1. The molecule has 0 heterocycles. The smallest absolute Gasteiger partial charge is 0.212 e. The van der Waals surface area contributed by atoms with Gasteiger partial charge in [-0.25, -0.2) is 0 Å². The first-order valence-electron chi connectivity index (χ1n) is 10.8. The number of carbonyl (C=O) groups is 1. The van der Waals surface area contributed by atoms with Gasteiger partial charge in [0.2, 0.25) is 5.60 Å². The lowest BCUT2D eigenvalue weighted by molar-refractivity contribution is -0.113. The molecule has 3 nitrogen and oxygen atoms in total. The fraction of sp³-hybridized carbons (Fsp3) is 0.103. The van der Waals surface area contributed by atoms with Gasteiger partial charge in [-0.05, 0) is 12.0 Å². The zero-order valence-corrected chi connectivity index (χ0v) is 17.6. The van der Waals surface area contributed by atoms with Gasteiger partial charge in [-0.15, -0.1) is 0 Å². The zero-order valence-electron chi connectivity index (χ0n) is 17.6. The molecule has 0 amide bonds. The molecule has 0 atom stereocenters. The third-order valence-electron chi connectivity index (χ3n) is 5.97. The number of hydrogen-bond donors (Lipinski definition) is 0. The second kappa shape index (κ2) is 8.64. The Balaban J connectivity index is 1.73. The van der Waals surface area contributed by atoms with Gasteiger partial charge in [0.15, 0.2) is 11.5 Å². The molecule has 0 unspecified atom stereocenters. The highest BCUT2D eigenvalue weighted by Gasteiger charge is 2.40. The summed E-state index contributed by atoms with van der Waals surface area (Å²) < 4.78 is 0. The van der Waals surface area contributed by atoms with Crippen LogP contribution in [0.3, 0.4) is 0 Å². The van der Waals surface area contributed by atoms with Crippen molar-refractivity contribution >= 4 is 11.5 Å². The molecule has 0 aromatic heterocycles. The first kappa shape index (κ1) is 20.0. The van der Waals surface area contributed by atoms with Gasteiger partial charge in [0.05, 0.1) is 0 Å². The Kier molecular flexibility index (Phi) is 5.39. The van der Waals surface area contributed by atoms with Crippen LogP contribution in [-0.4, -0.2) is 11.5 Å². The summed E-state index contributed by atoms with van der Waals surface area (Å²) in [6.07, 6.45) is 1.17. The van der Waals surface area contributed by atoms with Gasteiger partial charge in [0.25, 0.3) is 0 Å². The van der Waals surface area contributed by atoms with Crippen LogP contribution in [-0.2, 0) is 21.7 Å². The Bertz CT molecular complexity index is 1150. The molecule has 0 saturated heterocycles. The number of rotatable bonds is 5. The van der Waals surface area contributed by atoms with E-state index in [1.165, 1.54) is 0 Å². The lowest BCUT2D eigenvalue weighted by atomic mass is 9.80. The van der Waals surface area contributed by atoms with E-state index in [4.69, 9.17) is 4.84 Å². The minimum Gasteiger partial charge on any atom is -0.374 e. The molecular weight excluding hydrogens is 394 g/mol. The third kappa shape index (κ3) is 3.52. The number of oxime groups is 1. The Labute approximate surface area is 188 Å². The van der Waals surface area contributed by atoms with Crippen LogP contribution >= 0.6 is 0 Å². The highest BCUT2D eigenvalue weighted by atomic mass is 16.7. The van der Waals surface area contributed by atoms with Gasteiger partial charge in [-0.1, -0.05) is 120 Å². The molecule has 4 aromatic carbocycles. The molecule has 0 fully saturated rings. The van der Waals surface area contributed by atoms with Crippen molar-refractivity contribution in [1.29, 1.82) is 0 Å². The topological polar surface area (TPSA) is 38.7 Å². The molecule has 0 N–H and O–H groups in total. The molecule has 0 saturated carbocycles. The summed E-state index contributed by atoms with van der Waals surface area (Å²) in [6.45, 7) is 0. The lowest BCUT2D eigenvalue weighted by Crippen LogP contribution is -2.33. The normalized spacial score (nSPS) is 14.8. The molecule has 1 aliphatic rings. The van der Waals surface area contributed by atoms with Gasteiger partial charge in [0.1, 0.15) is 0 Å². The van der Waals surface area contributed by atoms with Gasteiger partial charge < -0.3 is 4.84 Å². The van der Waals surface area contributed by atoms with E-state index in [2.05, 4.69) is 11.2 Å². The van der Waals surface area contributed by atoms with Crippen LogP contribution in [0.15, 0.2) is 120 Å². The summed E-state index contributed by atoms with van der Waals surface area (Å²) in [7, 11) is 0. The van der Waals surface area contributed by atoms with Gasteiger partial charge in [-0.2, -0.15) is 0 Å². The Hall–Kier alpha value is -3.98. The van der Waals surface area contributed by atoms with Crippen LogP contribution in [0, 0.1) is 0 Å². The summed E-state index contributed by atoms with van der Waals surface area (Å²) in [5.74, 6) is 0.00628. The van der Waals surface area contributed by atoms with Crippen LogP contribution in [0.25, 0.3) is 0 Å². The van der Waals surface area contributed by atoms with E-state index in [1.54, 1.807) is 0 Å². The van der Waals surface area contributed by atoms with E-state index in [0.29, 0.717) is 12.1 Å².